The van der Waals surface area contributed by atoms with Gasteiger partial charge in [-0.15, -0.1) is 0 Å². The van der Waals surface area contributed by atoms with Crippen LogP contribution in [0.25, 0.3) is 0 Å². The number of piperazine rings is 1. The molecule has 0 spiro atoms. The van der Waals surface area contributed by atoms with Gasteiger partial charge in [-0.2, -0.15) is 0 Å². The second kappa shape index (κ2) is 15.5. The third-order valence-corrected chi connectivity index (χ3v) is 10.5. The van der Waals surface area contributed by atoms with Crippen LogP contribution in [-0.2, 0) is 40.2 Å². The van der Waals surface area contributed by atoms with Crippen molar-refractivity contribution in [2.75, 3.05) is 32.7 Å². The Labute approximate surface area is 283 Å². The van der Waals surface area contributed by atoms with Gasteiger partial charge in [-0.3, -0.25) is 19.3 Å². The molecule has 1 saturated heterocycles. The molecule has 3 N–H and O–H groups in total. The van der Waals surface area contributed by atoms with E-state index in [0.29, 0.717) is 50.5 Å². The summed E-state index contributed by atoms with van der Waals surface area (Å²) in [5.74, 6) is -0.164. The molecule has 2 aliphatic heterocycles. The molecule has 1 saturated carbocycles. The summed E-state index contributed by atoms with van der Waals surface area (Å²) in [5.41, 5.74) is 4.23. The third-order valence-electron chi connectivity index (χ3n) is 10.2. The van der Waals surface area contributed by atoms with E-state index in [0.717, 1.165) is 55.5 Å². The van der Waals surface area contributed by atoms with Crippen molar-refractivity contribution in [2.24, 2.45) is 0 Å². The number of carbonyl (C=O) groups is 3. The molecule has 47 heavy (non-hydrogen) atoms. The van der Waals surface area contributed by atoms with Gasteiger partial charge in [0, 0.05) is 56.3 Å². The van der Waals surface area contributed by atoms with Crippen molar-refractivity contribution in [2.45, 2.75) is 75.5 Å². The molecule has 0 unspecified atom stereocenters. The molecule has 6 rings (SSSR count). The number of nitrogens with one attached hydrogen (secondary N) is 3. The van der Waals surface area contributed by atoms with Crippen molar-refractivity contribution < 1.29 is 14.4 Å². The highest BCUT2D eigenvalue weighted by atomic mass is 35.5. The topological polar surface area (TPSA) is 93.8 Å². The Balaban J connectivity index is 1.10. The van der Waals surface area contributed by atoms with E-state index in [1.807, 2.05) is 71.6 Å². The van der Waals surface area contributed by atoms with Crippen molar-refractivity contribution in [1.29, 1.82) is 0 Å². The Bertz CT molecular complexity index is 1520. The fourth-order valence-corrected chi connectivity index (χ4v) is 7.64. The highest BCUT2D eigenvalue weighted by molar-refractivity contribution is 6.30. The lowest BCUT2D eigenvalue weighted by Gasteiger charge is -2.50. The largest absolute Gasteiger partial charge is 0.354 e. The summed E-state index contributed by atoms with van der Waals surface area (Å²) in [4.78, 5) is 45.0. The molecule has 3 aliphatic rings. The van der Waals surface area contributed by atoms with Crippen LogP contribution in [0.3, 0.4) is 0 Å². The molecule has 9 heteroatoms. The third kappa shape index (κ3) is 8.42. The predicted molar refractivity (Wildman–Crippen MR) is 185 cm³/mol. The van der Waals surface area contributed by atoms with Crippen LogP contribution in [-0.4, -0.2) is 77.9 Å². The van der Waals surface area contributed by atoms with E-state index < -0.39 is 12.1 Å². The summed E-state index contributed by atoms with van der Waals surface area (Å²) in [7, 11) is 0. The van der Waals surface area contributed by atoms with Crippen LogP contribution < -0.4 is 16.0 Å². The average molecular weight is 656 g/mol. The van der Waals surface area contributed by atoms with Gasteiger partial charge >= 0.3 is 0 Å². The maximum absolute atomic E-state index is 14.1. The van der Waals surface area contributed by atoms with E-state index in [1.165, 1.54) is 12.0 Å². The minimum absolute atomic E-state index is 0.0479. The van der Waals surface area contributed by atoms with Gasteiger partial charge in [0.15, 0.2) is 0 Å². The second-order valence-corrected chi connectivity index (χ2v) is 13.8. The summed E-state index contributed by atoms with van der Waals surface area (Å²) in [6, 6.07) is 24.4. The molecule has 2 atom stereocenters. The summed E-state index contributed by atoms with van der Waals surface area (Å²) >= 11 is 6.14. The first-order valence-corrected chi connectivity index (χ1v) is 17.5. The van der Waals surface area contributed by atoms with Gasteiger partial charge in [-0.05, 0) is 53.6 Å². The maximum Gasteiger partial charge on any atom is 0.245 e. The Hall–Kier alpha value is -3.72. The summed E-state index contributed by atoms with van der Waals surface area (Å²) in [6.45, 7) is 3.90. The number of amides is 3. The molecule has 2 heterocycles. The van der Waals surface area contributed by atoms with E-state index in [1.54, 1.807) is 0 Å². The summed E-state index contributed by atoms with van der Waals surface area (Å²) in [5, 5.41) is 10.4. The van der Waals surface area contributed by atoms with Gasteiger partial charge in [-0.1, -0.05) is 97.6 Å². The molecule has 0 radical (unpaired) electrons. The number of hydrogen-bond donors (Lipinski definition) is 3. The molecular weight excluding hydrogens is 610 g/mol. The number of fused-ring (bicyclic) bond motifs is 1. The maximum atomic E-state index is 14.1. The van der Waals surface area contributed by atoms with Crippen molar-refractivity contribution in [3.8, 4) is 0 Å². The molecule has 0 bridgehead atoms. The van der Waals surface area contributed by atoms with Gasteiger partial charge < -0.3 is 20.9 Å². The van der Waals surface area contributed by atoms with Crippen LogP contribution in [0.1, 0.15) is 54.4 Å². The van der Waals surface area contributed by atoms with Crippen LogP contribution in [0.5, 0.6) is 0 Å². The monoisotopic (exact) mass is 655 g/mol. The second-order valence-electron chi connectivity index (χ2n) is 13.3. The van der Waals surface area contributed by atoms with Gasteiger partial charge in [0.2, 0.25) is 17.7 Å². The number of rotatable bonds is 10. The quantitative estimate of drug-likeness (QED) is 0.303. The van der Waals surface area contributed by atoms with Crippen LogP contribution in [0, 0.1) is 0 Å². The highest BCUT2D eigenvalue weighted by Gasteiger charge is 2.41. The highest BCUT2D eigenvalue weighted by Crippen LogP contribution is 2.34. The molecule has 3 amide bonds. The van der Waals surface area contributed by atoms with Crippen LogP contribution in [0.15, 0.2) is 78.9 Å². The number of carbonyl (C=O) groups excluding carboxylic acids is 3. The van der Waals surface area contributed by atoms with E-state index >= 15 is 0 Å². The SMILES string of the molecule is O=C(Cc1ccccc1)NCC1(N2CCN(C(=O)[C@@H](Cc3ccc(Cl)cc3)NC(=O)[C@@H]3Cc4ccccc4CN3)CC2)CCCCC1. The Morgan fingerprint density at radius 3 is 2.23 bits per heavy atom. The minimum Gasteiger partial charge on any atom is -0.354 e. The predicted octanol–water partition coefficient (Wildman–Crippen LogP) is 4.29. The zero-order valence-electron chi connectivity index (χ0n) is 27.1. The first kappa shape index (κ1) is 33.2. The van der Waals surface area contributed by atoms with E-state index in [2.05, 4.69) is 33.0 Å². The zero-order chi connectivity index (χ0) is 32.6. The van der Waals surface area contributed by atoms with Crippen LogP contribution in [0.2, 0.25) is 5.02 Å². The fraction of sp³-hybridized carbons (Fsp3) is 0.447. The number of halogens is 1. The smallest absolute Gasteiger partial charge is 0.245 e. The minimum atomic E-state index is -0.685. The molecule has 1 aliphatic carbocycles. The Morgan fingerprint density at radius 1 is 0.830 bits per heavy atom. The number of benzene rings is 3. The average Bonchev–Trinajstić information content (AvgIpc) is 3.11. The van der Waals surface area contributed by atoms with E-state index in [9.17, 15) is 14.4 Å². The Morgan fingerprint density at radius 2 is 1.51 bits per heavy atom. The van der Waals surface area contributed by atoms with Gasteiger partial charge in [0.25, 0.3) is 0 Å². The van der Waals surface area contributed by atoms with Crippen molar-refractivity contribution >= 4 is 29.3 Å². The lowest BCUT2D eigenvalue weighted by molar-refractivity contribution is -0.139. The van der Waals surface area contributed by atoms with Crippen LogP contribution >= 0.6 is 11.6 Å². The van der Waals surface area contributed by atoms with Gasteiger partial charge in [-0.25, -0.2) is 0 Å². The molecule has 3 aromatic carbocycles. The Kier molecular flexibility index (Phi) is 10.9. The lowest BCUT2D eigenvalue weighted by Crippen LogP contribution is -2.64. The zero-order valence-corrected chi connectivity index (χ0v) is 27.8. The van der Waals surface area contributed by atoms with Crippen molar-refractivity contribution in [3.05, 3.63) is 106 Å². The fourth-order valence-electron chi connectivity index (χ4n) is 7.51. The van der Waals surface area contributed by atoms with Gasteiger partial charge in [0.1, 0.15) is 6.04 Å². The van der Waals surface area contributed by atoms with E-state index in [-0.39, 0.29) is 23.3 Å². The number of hydrogen-bond acceptors (Lipinski definition) is 5. The first-order chi connectivity index (χ1) is 22.9. The van der Waals surface area contributed by atoms with E-state index in [4.69, 9.17) is 11.6 Å². The normalized spacial score (nSPS) is 20.1. The molecular formula is C38H46ClN5O3. The molecule has 0 aromatic heterocycles. The molecule has 8 nitrogen and oxygen atoms in total. The van der Waals surface area contributed by atoms with Crippen molar-refractivity contribution in [3.63, 3.8) is 0 Å². The molecule has 3 aromatic rings. The first-order valence-electron chi connectivity index (χ1n) is 17.1. The number of nitrogens with zero attached hydrogens (tertiary/aromatic N) is 2. The summed E-state index contributed by atoms with van der Waals surface area (Å²) in [6.07, 6.45) is 6.94. The van der Waals surface area contributed by atoms with Gasteiger partial charge in [0.05, 0.1) is 12.5 Å². The van der Waals surface area contributed by atoms with Crippen molar-refractivity contribution in [1.82, 2.24) is 25.8 Å². The molecule has 2 fully saturated rings. The van der Waals surface area contributed by atoms with Crippen LogP contribution in [0.4, 0.5) is 0 Å². The summed E-state index contributed by atoms with van der Waals surface area (Å²) < 4.78 is 0. The standard InChI is InChI=1S/C38H46ClN5O3/c39-32-15-13-29(14-16-32)23-34(42-36(46)33-25-30-11-5-6-12-31(30)26-40-33)37(47)43-19-21-44(22-20-43)38(17-7-2-8-18-38)27-41-35(45)24-28-9-3-1-4-10-28/h1,3-6,9-16,33-34,40H,2,7-8,17-27H2,(H,41,45)(H,42,46)/t33-,34+/m0/s1. The molecule has 248 valence electrons. The lowest BCUT2D eigenvalue weighted by atomic mass is 9.79.